The molecule has 0 saturated heterocycles. The van der Waals surface area contributed by atoms with E-state index in [9.17, 15) is 9.59 Å². The number of hydrogen-bond acceptors (Lipinski definition) is 9. The fourth-order valence-electron chi connectivity index (χ4n) is 4.70. The topological polar surface area (TPSA) is 102 Å². The number of allylic oxidation sites excluding steroid dienone is 1. The molecule has 5 rings (SSSR count). The molecule has 0 radical (unpaired) electrons. The molecule has 0 bridgehead atoms. The van der Waals surface area contributed by atoms with Crippen molar-refractivity contribution in [2.24, 2.45) is 4.99 Å². The van der Waals surface area contributed by atoms with E-state index < -0.39 is 12.0 Å². The van der Waals surface area contributed by atoms with Crippen LogP contribution in [0.5, 0.6) is 11.5 Å². The van der Waals surface area contributed by atoms with Gasteiger partial charge >= 0.3 is 5.97 Å². The number of aliphatic imine (C=N–C) groups is 1. The number of nitrogens with one attached hydrogen (secondary N) is 1. The molecule has 9 nitrogen and oxygen atoms in total. The molecule has 1 atom stereocenters. The van der Waals surface area contributed by atoms with E-state index in [2.05, 4.69) is 15.3 Å². The van der Waals surface area contributed by atoms with Crippen LogP contribution >= 0.6 is 11.8 Å². The van der Waals surface area contributed by atoms with Crippen LogP contribution in [0.15, 0.2) is 100 Å². The smallest absolute Gasteiger partial charge is 0.338 e. The number of benzene rings is 2. The largest absolute Gasteiger partial charge is 0.493 e. The number of nitrogens with zero attached hydrogens (tertiary/aromatic N) is 3. The van der Waals surface area contributed by atoms with E-state index in [1.807, 2.05) is 71.0 Å². The standard InChI is InChI=1S/C31H30N4O5S/c1-20-28(30(37)39-3)29(23-11-12-25(26(14-23)38-2)40-18-21-8-5-4-6-9-21)35-24(19-41-31(35)34-20)15-27(36)33-17-22-10-7-13-32-16-22/h4-14,16,19,29H,15,17-18H2,1-3H3,(H,33,36)/t29-/m1/s1. The first-order chi connectivity index (χ1) is 20.0. The van der Waals surface area contributed by atoms with Gasteiger partial charge in [0.2, 0.25) is 5.91 Å². The van der Waals surface area contributed by atoms with Crippen molar-refractivity contribution in [1.82, 2.24) is 15.2 Å². The molecule has 10 heteroatoms. The Balaban J connectivity index is 1.42. The van der Waals surface area contributed by atoms with E-state index in [0.29, 0.717) is 41.1 Å². The summed E-state index contributed by atoms with van der Waals surface area (Å²) in [5.74, 6) is 0.451. The summed E-state index contributed by atoms with van der Waals surface area (Å²) in [4.78, 5) is 36.7. The number of carbonyl (C=O) groups excluding carboxylic acids is 2. The van der Waals surface area contributed by atoms with E-state index in [4.69, 9.17) is 14.2 Å². The number of amidine groups is 1. The molecular weight excluding hydrogens is 540 g/mol. The second-order valence-electron chi connectivity index (χ2n) is 9.38. The first kappa shape index (κ1) is 28.0. The Morgan fingerprint density at radius 1 is 1.02 bits per heavy atom. The number of methoxy groups -OCH3 is 2. The SMILES string of the molecule is COC(=O)C1=C(C)N=C2SC=C(CC(=O)NCc3cccnc3)N2[C@@H]1c1ccc(OCc2ccccc2)c(OC)c1. The molecule has 1 aromatic heterocycles. The second-order valence-corrected chi connectivity index (χ2v) is 10.2. The Morgan fingerprint density at radius 3 is 2.56 bits per heavy atom. The van der Waals surface area contributed by atoms with Crippen LogP contribution in [0.4, 0.5) is 0 Å². The van der Waals surface area contributed by atoms with Crippen LogP contribution in [0.1, 0.15) is 36.1 Å². The Labute approximate surface area is 242 Å². The number of esters is 1. The molecule has 0 aliphatic carbocycles. The van der Waals surface area contributed by atoms with Gasteiger partial charge in [0.15, 0.2) is 16.7 Å². The summed E-state index contributed by atoms with van der Waals surface area (Å²) < 4.78 is 16.9. The second kappa shape index (κ2) is 12.7. The molecule has 2 aliphatic rings. The van der Waals surface area contributed by atoms with Gasteiger partial charge in [-0.3, -0.25) is 9.78 Å². The third-order valence-electron chi connectivity index (χ3n) is 6.70. The molecule has 41 heavy (non-hydrogen) atoms. The number of hydrogen-bond donors (Lipinski definition) is 1. The first-order valence-corrected chi connectivity index (χ1v) is 13.9. The number of thioether (sulfide) groups is 1. The highest BCUT2D eigenvalue weighted by atomic mass is 32.2. The van der Waals surface area contributed by atoms with Crippen LogP contribution in [0.25, 0.3) is 0 Å². The van der Waals surface area contributed by atoms with Crippen molar-refractivity contribution >= 4 is 28.8 Å². The molecule has 1 amide bonds. The van der Waals surface area contributed by atoms with Gasteiger partial charge in [0.05, 0.1) is 38.0 Å². The van der Waals surface area contributed by atoms with Gasteiger partial charge in [-0.25, -0.2) is 9.79 Å². The predicted molar refractivity (Wildman–Crippen MR) is 157 cm³/mol. The van der Waals surface area contributed by atoms with E-state index in [1.54, 1.807) is 26.4 Å². The summed E-state index contributed by atoms with van der Waals surface area (Å²) in [6, 6.07) is 18.6. The molecule has 0 saturated carbocycles. The first-order valence-electron chi connectivity index (χ1n) is 13.0. The maximum atomic E-state index is 13.1. The highest BCUT2D eigenvalue weighted by Gasteiger charge is 2.41. The highest BCUT2D eigenvalue weighted by Crippen LogP contribution is 2.46. The van der Waals surface area contributed by atoms with E-state index >= 15 is 0 Å². The third kappa shape index (κ3) is 6.28. The zero-order valence-corrected chi connectivity index (χ0v) is 23.8. The summed E-state index contributed by atoms with van der Waals surface area (Å²) in [6.45, 7) is 2.54. The minimum Gasteiger partial charge on any atom is -0.493 e. The van der Waals surface area contributed by atoms with E-state index in [1.165, 1.54) is 18.9 Å². The lowest BCUT2D eigenvalue weighted by atomic mass is 9.93. The maximum Gasteiger partial charge on any atom is 0.338 e. The fraction of sp³-hybridized carbons (Fsp3) is 0.226. The van der Waals surface area contributed by atoms with Crippen molar-refractivity contribution in [3.8, 4) is 11.5 Å². The number of fused-ring (bicyclic) bond motifs is 1. The summed E-state index contributed by atoms with van der Waals surface area (Å²) in [5.41, 5.74) is 4.37. The summed E-state index contributed by atoms with van der Waals surface area (Å²) in [6.07, 6.45) is 3.51. The lowest BCUT2D eigenvalue weighted by Gasteiger charge is -2.36. The lowest BCUT2D eigenvalue weighted by Crippen LogP contribution is -2.37. The normalized spacial score (nSPS) is 16.0. The van der Waals surface area contributed by atoms with Gasteiger partial charge in [-0.1, -0.05) is 54.2 Å². The van der Waals surface area contributed by atoms with Gasteiger partial charge in [0.25, 0.3) is 0 Å². The van der Waals surface area contributed by atoms with Gasteiger partial charge in [-0.2, -0.15) is 0 Å². The van der Waals surface area contributed by atoms with Gasteiger partial charge < -0.3 is 24.4 Å². The Kier molecular flexibility index (Phi) is 8.69. The number of rotatable bonds is 10. The predicted octanol–water partition coefficient (Wildman–Crippen LogP) is 5.12. The van der Waals surface area contributed by atoms with Crippen LogP contribution in [0.2, 0.25) is 0 Å². The average Bonchev–Trinajstić information content (AvgIpc) is 3.40. The molecule has 2 aromatic carbocycles. The number of pyridine rings is 1. The fourth-order valence-corrected chi connectivity index (χ4v) is 5.66. The van der Waals surface area contributed by atoms with E-state index in [-0.39, 0.29) is 12.3 Å². The molecule has 2 aliphatic heterocycles. The van der Waals surface area contributed by atoms with Crippen molar-refractivity contribution in [2.75, 3.05) is 14.2 Å². The summed E-state index contributed by atoms with van der Waals surface area (Å²) >= 11 is 1.41. The summed E-state index contributed by atoms with van der Waals surface area (Å²) in [5, 5.41) is 5.53. The van der Waals surface area contributed by atoms with Crippen LogP contribution in [0.3, 0.4) is 0 Å². The number of carbonyl (C=O) groups is 2. The van der Waals surface area contributed by atoms with Crippen molar-refractivity contribution in [3.05, 3.63) is 112 Å². The van der Waals surface area contributed by atoms with Gasteiger partial charge in [-0.15, -0.1) is 0 Å². The van der Waals surface area contributed by atoms with Crippen LogP contribution in [0, 0.1) is 0 Å². The van der Waals surface area contributed by atoms with Crippen LogP contribution in [-0.4, -0.2) is 41.1 Å². The minimum absolute atomic E-state index is 0.103. The molecule has 0 unspecified atom stereocenters. The molecule has 3 heterocycles. The highest BCUT2D eigenvalue weighted by molar-refractivity contribution is 8.16. The van der Waals surface area contributed by atoms with Crippen molar-refractivity contribution in [1.29, 1.82) is 0 Å². The monoisotopic (exact) mass is 570 g/mol. The number of ether oxygens (including phenoxy) is 3. The van der Waals surface area contributed by atoms with Crippen LogP contribution in [-0.2, 0) is 27.5 Å². The molecule has 0 spiro atoms. The lowest BCUT2D eigenvalue weighted by molar-refractivity contribution is -0.136. The van der Waals surface area contributed by atoms with Gasteiger partial charge in [0.1, 0.15) is 6.61 Å². The molecular formula is C31H30N4O5S. The van der Waals surface area contributed by atoms with Crippen molar-refractivity contribution < 1.29 is 23.8 Å². The number of amides is 1. The molecule has 1 N–H and O–H groups in total. The summed E-state index contributed by atoms with van der Waals surface area (Å²) in [7, 11) is 2.93. The molecule has 0 fully saturated rings. The van der Waals surface area contributed by atoms with Crippen molar-refractivity contribution in [2.45, 2.75) is 32.5 Å². The van der Waals surface area contributed by atoms with Crippen molar-refractivity contribution in [3.63, 3.8) is 0 Å². The Hall–Kier alpha value is -4.57. The maximum absolute atomic E-state index is 13.1. The number of aromatic nitrogens is 1. The van der Waals surface area contributed by atoms with Gasteiger partial charge in [-0.05, 0) is 47.2 Å². The Bertz CT molecular complexity index is 1520. The molecule has 3 aromatic rings. The zero-order chi connectivity index (χ0) is 28.8. The average molecular weight is 571 g/mol. The zero-order valence-electron chi connectivity index (χ0n) is 23.0. The third-order valence-corrected chi connectivity index (χ3v) is 7.59. The molecule has 210 valence electrons. The van der Waals surface area contributed by atoms with Crippen LogP contribution < -0.4 is 14.8 Å². The Morgan fingerprint density at radius 2 is 1.83 bits per heavy atom. The minimum atomic E-state index is -0.584. The van der Waals surface area contributed by atoms with Gasteiger partial charge in [0, 0.05) is 24.6 Å². The quantitative estimate of drug-likeness (QED) is 0.335. The van der Waals surface area contributed by atoms with E-state index in [0.717, 1.165) is 22.4 Å².